The maximum atomic E-state index is 12.4. The topological polar surface area (TPSA) is 109 Å². The van der Waals surface area contributed by atoms with Gasteiger partial charge in [0, 0.05) is 5.56 Å². The van der Waals surface area contributed by atoms with Crippen molar-refractivity contribution >= 4 is 23.9 Å². The number of esters is 1. The number of amides is 1. The third-order valence-corrected chi connectivity index (χ3v) is 3.81. The number of halogens is 2. The highest BCUT2D eigenvalue weighted by Crippen LogP contribution is 2.31. The standard InChI is InChI=1S/C20H16F2N2O6/c1-27-16-9-12(4-7-15(16)29-20(21)22)18-24-14(19(26)30-18)8-11-2-5-13(6-3-11)28-10-17(23)25/h2-9,20H,10H2,1H3,(H2,23,25)/b14-8-. The molecule has 0 atom stereocenters. The first-order chi connectivity index (χ1) is 14.4. The lowest BCUT2D eigenvalue weighted by molar-refractivity contribution is -0.130. The zero-order chi connectivity index (χ0) is 21.7. The molecule has 0 saturated heterocycles. The molecule has 0 radical (unpaired) electrons. The Labute approximate surface area is 169 Å². The molecular weight excluding hydrogens is 402 g/mol. The molecule has 10 heteroatoms. The number of carbonyl (C=O) groups excluding carboxylic acids is 2. The van der Waals surface area contributed by atoms with E-state index in [0.717, 1.165) is 0 Å². The van der Waals surface area contributed by atoms with E-state index in [9.17, 15) is 18.4 Å². The lowest BCUT2D eigenvalue weighted by Crippen LogP contribution is -2.19. The first-order valence-electron chi connectivity index (χ1n) is 8.52. The Kier molecular flexibility index (Phi) is 6.26. The van der Waals surface area contributed by atoms with Gasteiger partial charge in [-0.25, -0.2) is 9.79 Å². The Morgan fingerprint density at radius 2 is 1.93 bits per heavy atom. The fourth-order valence-electron chi connectivity index (χ4n) is 2.50. The largest absolute Gasteiger partial charge is 0.493 e. The van der Waals surface area contributed by atoms with Crippen LogP contribution in [0.1, 0.15) is 11.1 Å². The van der Waals surface area contributed by atoms with E-state index in [-0.39, 0.29) is 29.7 Å². The fourth-order valence-corrected chi connectivity index (χ4v) is 2.50. The number of cyclic esters (lactones) is 1. The van der Waals surface area contributed by atoms with E-state index in [0.29, 0.717) is 16.9 Å². The predicted molar refractivity (Wildman–Crippen MR) is 101 cm³/mol. The number of primary amides is 1. The van der Waals surface area contributed by atoms with E-state index in [4.69, 9.17) is 19.9 Å². The van der Waals surface area contributed by atoms with Crippen molar-refractivity contribution in [2.45, 2.75) is 6.61 Å². The van der Waals surface area contributed by atoms with Crippen molar-refractivity contribution in [3.63, 3.8) is 0 Å². The summed E-state index contributed by atoms with van der Waals surface area (Å²) in [7, 11) is 1.29. The smallest absolute Gasteiger partial charge is 0.387 e. The molecule has 156 valence electrons. The number of rotatable bonds is 8. The van der Waals surface area contributed by atoms with Crippen molar-refractivity contribution in [2.75, 3.05) is 13.7 Å². The highest BCUT2D eigenvalue weighted by Gasteiger charge is 2.25. The van der Waals surface area contributed by atoms with E-state index in [2.05, 4.69) is 9.73 Å². The Bertz CT molecular complexity index is 1020. The zero-order valence-electron chi connectivity index (χ0n) is 15.6. The Morgan fingerprint density at radius 1 is 1.20 bits per heavy atom. The van der Waals surface area contributed by atoms with Crippen molar-refractivity contribution in [2.24, 2.45) is 10.7 Å². The molecule has 30 heavy (non-hydrogen) atoms. The number of alkyl halides is 2. The summed E-state index contributed by atoms with van der Waals surface area (Å²) in [6.45, 7) is -3.25. The molecular formula is C20H16F2N2O6. The van der Waals surface area contributed by atoms with Crippen LogP contribution in [0.5, 0.6) is 17.2 Å². The van der Waals surface area contributed by atoms with Crippen LogP contribution in [0.25, 0.3) is 6.08 Å². The third kappa shape index (κ3) is 5.10. The quantitative estimate of drug-likeness (QED) is 0.521. The SMILES string of the molecule is COc1cc(C2=N/C(=C\c3ccc(OCC(N)=O)cc3)C(=O)O2)ccc1OC(F)F. The van der Waals surface area contributed by atoms with Crippen molar-refractivity contribution in [1.82, 2.24) is 0 Å². The van der Waals surface area contributed by atoms with Gasteiger partial charge in [-0.15, -0.1) is 0 Å². The molecule has 1 aliphatic heterocycles. The summed E-state index contributed by atoms with van der Waals surface area (Å²) in [6, 6.07) is 10.6. The van der Waals surface area contributed by atoms with E-state index in [1.807, 2.05) is 0 Å². The zero-order valence-corrected chi connectivity index (χ0v) is 15.6. The second kappa shape index (κ2) is 9.03. The lowest BCUT2D eigenvalue weighted by Gasteiger charge is -2.10. The molecule has 2 aromatic rings. The van der Waals surface area contributed by atoms with Crippen molar-refractivity contribution in [3.05, 3.63) is 59.3 Å². The average Bonchev–Trinajstić information content (AvgIpc) is 3.07. The van der Waals surface area contributed by atoms with Gasteiger partial charge in [0.1, 0.15) is 5.75 Å². The van der Waals surface area contributed by atoms with Gasteiger partial charge in [-0.05, 0) is 42.0 Å². The minimum Gasteiger partial charge on any atom is -0.493 e. The molecule has 3 rings (SSSR count). The monoisotopic (exact) mass is 418 g/mol. The summed E-state index contributed by atoms with van der Waals surface area (Å²) in [6.07, 6.45) is 1.50. The van der Waals surface area contributed by atoms with Crippen LogP contribution < -0.4 is 19.9 Å². The molecule has 0 spiro atoms. The summed E-state index contributed by atoms with van der Waals surface area (Å²) in [4.78, 5) is 27.0. The van der Waals surface area contributed by atoms with Gasteiger partial charge in [0.2, 0.25) is 5.90 Å². The highest BCUT2D eigenvalue weighted by atomic mass is 19.3. The minimum atomic E-state index is -3.01. The Balaban J connectivity index is 1.80. The second-order valence-corrected chi connectivity index (χ2v) is 5.90. The fraction of sp³-hybridized carbons (Fsp3) is 0.150. The molecule has 2 aromatic carbocycles. The molecule has 1 heterocycles. The molecule has 2 N–H and O–H groups in total. The maximum absolute atomic E-state index is 12.4. The van der Waals surface area contributed by atoms with Crippen LogP contribution in [-0.2, 0) is 14.3 Å². The molecule has 0 saturated carbocycles. The predicted octanol–water partition coefficient (Wildman–Crippen LogP) is 2.51. The Hall–Kier alpha value is -3.95. The van der Waals surface area contributed by atoms with Gasteiger partial charge in [-0.2, -0.15) is 8.78 Å². The Morgan fingerprint density at radius 3 is 2.57 bits per heavy atom. The van der Waals surface area contributed by atoms with Crippen LogP contribution in [0.3, 0.4) is 0 Å². The number of carbonyl (C=O) groups is 2. The van der Waals surface area contributed by atoms with Gasteiger partial charge in [0.25, 0.3) is 5.91 Å². The van der Waals surface area contributed by atoms with Crippen LogP contribution in [0.4, 0.5) is 8.78 Å². The number of hydrogen-bond donors (Lipinski definition) is 1. The summed E-state index contributed by atoms with van der Waals surface area (Å²) in [5.74, 6) is -0.957. The van der Waals surface area contributed by atoms with E-state index in [1.54, 1.807) is 24.3 Å². The normalized spacial score (nSPS) is 14.5. The lowest BCUT2D eigenvalue weighted by atomic mass is 10.2. The number of methoxy groups -OCH3 is 1. The van der Waals surface area contributed by atoms with Crippen molar-refractivity contribution in [3.8, 4) is 17.2 Å². The first-order valence-corrected chi connectivity index (χ1v) is 8.52. The minimum absolute atomic E-state index is 0.00504. The molecule has 0 fully saturated rings. The number of ether oxygens (including phenoxy) is 4. The van der Waals surface area contributed by atoms with E-state index < -0.39 is 18.5 Å². The van der Waals surface area contributed by atoms with E-state index in [1.165, 1.54) is 31.4 Å². The number of aliphatic imine (C=N–C) groups is 1. The van der Waals surface area contributed by atoms with Gasteiger partial charge >= 0.3 is 12.6 Å². The number of hydrogen-bond acceptors (Lipinski definition) is 7. The van der Waals surface area contributed by atoms with Gasteiger partial charge in [-0.3, -0.25) is 4.79 Å². The molecule has 0 aromatic heterocycles. The highest BCUT2D eigenvalue weighted by molar-refractivity contribution is 6.13. The van der Waals surface area contributed by atoms with E-state index >= 15 is 0 Å². The summed E-state index contributed by atoms with van der Waals surface area (Å²) in [5.41, 5.74) is 6.04. The van der Waals surface area contributed by atoms with Crippen LogP contribution >= 0.6 is 0 Å². The summed E-state index contributed by atoms with van der Waals surface area (Å²) < 4.78 is 44.6. The first kappa shape index (κ1) is 20.8. The van der Waals surface area contributed by atoms with Gasteiger partial charge in [0.05, 0.1) is 7.11 Å². The van der Waals surface area contributed by atoms with Gasteiger partial charge < -0.3 is 24.7 Å². The van der Waals surface area contributed by atoms with Crippen molar-refractivity contribution < 1.29 is 37.3 Å². The van der Waals surface area contributed by atoms with Crippen LogP contribution in [0.2, 0.25) is 0 Å². The number of nitrogens with zero attached hydrogens (tertiary/aromatic N) is 1. The molecule has 1 aliphatic rings. The van der Waals surface area contributed by atoms with Crippen LogP contribution in [0.15, 0.2) is 53.2 Å². The van der Waals surface area contributed by atoms with Crippen LogP contribution in [0, 0.1) is 0 Å². The molecule has 0 unspecified atom stereocenters. The second-order valence-electron chi connectivity index (χ2n) is 5.90. The van der Waals surface area contributed by atoms with Gasteiger partial charge in [-0.1, -0.05) is 12.1 Å². The summed E-state index contributed by atoms with van der Waals surface area (Å²) in [5, 5.41) is 0. The summed E-state index contributed by atoms with van der Waals surface area (Å²) >= 11 is 0. The maximum Gasteiger partial charge on any atom is 0.387 e. The molecule has 1 amide bonds. The third-order valence-electron chi connectivity index (χ3n) is 3.81. The van der Waals surface area contributed by atoms with Crippen molar-refractivity contribution in [1.29, 1.82) is 0 Å². The molecule has 0 aliphatic carbocycles. The number of nitrogens with two attached hydrogens (primary N) is 1. The van der Waals surface area contributed by atoms with Gasteiger partial charge in [0.15, 0.2) is 23.8 Å². The molecule has 0 bridgehead atoms. The number of benzene rings is 2. The average molecular weight is 418 g/mol. The molecule has 8 nitrogen and oxygen atoms in total. The van der Waals surface area contributed by atoms with Crippen LogP contribution in [-0.4, -0.2) is 38.1 Å².